The first-order valence-electron chi connectivity index (χ1n) is 3.13. The maximum atomic E-state index is 5.24. The molecule has 1 rings (SSSR count). The Morgan fingerprint density at radius 1 is 1.62 bits per heavy atom. The molecule has 0 N–H and O–H groups in total. The molecule has 1 nitrogen and oxygen atoms in total. The molecule has 0 radical (unpaired) electrons. The standard InChI is InChI=1S/C6H12OSi/c8-7-6-4-2-1-3-5-6/h2,4,6H,1,3,5H2,8H3. The topological polar surface area (TPSA) is 9.23 Å². The largest absolute Gasteiger partial charge is 0.422 e. The summed E-state index contributed by atoms with van der Waals surface area (Å²) in [6.45, 7) is 0. The van der Waals surface area contributed by atoms with Crippen molar-refractivity contribution in [2.24, 2.45) is 0 Å². The summed E-state index contributed by atoms with van der Waals surface area (Å²) in [6.07, 6.45) is 8.66. The molecule has 0 fully saturated rings. The predicted molar refractivity (Wildman–Crippen MR) is 37.8 cm³/mol. The molecule has 0 spiro atoms. The molecule has 0 aromatic rings. The molecule has 0 amide bonds. The molecule has 8 heavy (non-hydrogen) atoms. The van der Waals surface area contributed by atoms with E-state index < -0.39 is 0 Å². The zero-order valence-corrected chi connectivity index (χ0v) is 7.26. The summed E-state index contributed by atoms with van der Waals surface area (Å²) in [7, 11) is 0.879. The van der Waals surface area contributed by atoms with E-state index in [0.29, 0.717) is 6.10 Å². The van der Waals surface area contributed by atoms with E-state index in [-0.39, 0.29) is 0 Å². The molecule has 0 heterocycles. The molecule has 0 aliphatic heterocycles. The first-order valence-corrected chi connectivity index (χ1v) is 3.94. The number of allylic oxidation sites excluding steroid dienone is 1. The van der Waals surface area contributed by atoms with Crippen LogP contribution in [0.5, 0.6) is 0 Å². The Labute approximate surface area is 53.3 Å². The Bertz CT molecular complexity index is 90.5. The lowest BCUT2D eigenvalue weighted by atomic mass is 10.1. The molecular formula is C6H12OSi. The summed E-state index contributed by atoms with van der Waals surface area (Å²) in [4.78, 5) is 0. The van der Waals surface area contributed by atoms with Crippen LogP contribution in [0.2, 0.25) is 0 Å². The van der Waals surface area contributed by atoms with Crippen molar-refractivity contribution in [2.45, 2.75) is 25.4 Å². The quantitative estimate of drug-likeness (QED) is 0.367. The van der Waals surface area contributed by atoms with Crippen molar-refractivity contribution in [2.75, 3.05) is 0 Å². The molecule has 0 bridgehead atoms. The Morgan fingerprint density at radius 2 is 2.50 bits per heavy atom. The first kappa shape index (κ1) is 6.04. The normalized spacial score (nSPS) is 28.8. The second kappa shape index (κ2) is 3.05. The van der Waals surface area contributed by atoms with Gasteiger partial charge < -0.3 is 4.43 Å². The van der Waals surface area contributed by atoms with Crippen LogP contribution in [0.1, 0.15) is 19.3 Å². The maximum absolute atomic E-state index is 5.24. The Hall–Kier alpha value is -0.0831. The van der Waals surface area contributed by atoms with E-state index in [1.165, 1.54) is 19.3 Å². The number of rotatable bonds is 1. The van der Waals surface area contributed by atoms with Gasteiger partial charge in [-0.3, -0.25) is 0 Å². The van der Waals surface area contributed by atoms with Gasteiger partial charge in [0.15, 0.2) is 0 Å². The van der Waals surface area contributed by atoms with Crippen LogP contribution in [-0.4, -0.2) is 16.6 Å². The molecule has 1 aliphatic carbocycles. The zero-order chi connectivity index (χ0) is 5.82. The monoisotopic (exact) mass is 128 g/mol. The van der Waals surface area contributed by atoms with E-state index >= 15 is 0 Å². The average Bonchev–Trinajstić information content (AvgIpc) is 1.90. The summed E-state index contributed by atoms with van der Waals surface area (Å²) in [6, 6.07) is 0. The minimum absolute atomic E-state index is 0.468. The number of hydrogen-bond acceptors (Lipinski definition) is 1. The molecule has 0 aromatic heterocycles. The van der Waals surface area contributed by atoms with Gasteiger partial charge in [0.05, 0.1) is 6.10 Å². The van der Waals surface area contributed by atoms with Crippen LogP contribution in [-0.2, 0) is 4.43 Å². The van der Waals surface area contributed by atoms with Gasteiger partial charge >= 0.3 is 0 Å². The van der Waals surface area contributed by atoms with Crippen LogP contribution in [0.3, 0.4) is 0 Å². The fraction of sp³-hybridized carbons (Fsp3) is 0.667. The van der Waals surface area contributed by atoms with Crippen LogP contribution in [0.4, 0.5) is 0 Å². The van der Waals surface area contributed by atoms with E-state index in [2.05, 4.69) is 12.2 Å². The van der Waals surface area contributed by atoms with Crippen LogP contribution in [0, 0.1) is 0 Å². The van der Waals surface area contributed by atoms with Gasteiger partial charge in [-0.25, -0.2) is 0 Å². The Balaban J connectivity index is 2.32. The first-order chi connectivity index (χ1) is 3.93. The summed E-state index contributed by atoms with van der Waals surface area (Å²) in [5, 5.41) is 0. The molecule has 1 aliphatic rings. The molecule has 1 unspecified atom stereocenters. The van der Waals surface area contributed by atoms with Gasteiger partial charge in [0.25, 0.3) is 0 Å². The van der Waals surface area contributed by atoms with Crippen LogP contribution < -0.4 is 0 Å². The Kier molecular flexibility index (Phi) is 2.30. The van der Waals surface area contributed by atoms with E-state index in [9.17, 15) is 0 Å². The zero-order valence-electron chi connectivity index (χ0n) is 5.26. The second-order valence-corrected chi connectivity index (χ2v) is 2.60. The smallest absolute Gasteiger partial charge is 0.146 e. The lowest BCUT2D eigenvalue weighted by Gasteiger charge is -2.13. The fourth-order valence-electron chi connectivity index (χ4n) is 0.978. The molecular weight excluding hydrogens is 116 g/mol. The van der Waals surface area contributed by atoms with Gasteiger partial charge in [-0.2, -0.15) is 0 Å². The van der Waals surface area contributed by atoms with E-state index in [0.717, 1.165) is 10.5 Å². The van der Waals surface area contributed by atoms with Crippen molar-refractivity contribution in [3.05, 3.63) is 12.2 Å². The van der Waals surface area contributed by atoms with E-state index in [1.807, 2.05) is 0 Å². The van der Waals surface area contributed by atoms with Crippen molar-refractivity contribution < 1.29 is 4.43 Å². The molecule has 2 heteroatoms. The molecule has 46 valence electrons. The van der Waals surface area contributed by atoms with Crippen molar-refractivity contribution in [1.82, 2.24) is 0 Å². The van der Waals surface area contributed by atoms with E-state index in [4.69, 9.17) is 4.43 Å². The molecule has 1 atom stereocenters. The molecule has 0 aromatic carbocycles. The van der Waals surface area contributed by atoms with Gasteiger partial charge in [0, 0.05) is 0 Å². The van der Waals surface area contributed by atoms with Crippen molar-refractivity contribution in [1.29, 1.82) is 0 Å². The summed E-state index contributed by atoms with van der Waals surface area (Å²) >= 11 is 0. The highest BCUT2D eigenvalue weighted by Gasteiger charge is 2.03. The average molecular weight is 128 g/mol. The summed E-state index contributed by atoms with van der Waals surface area (Å²) in [5.41, 5.74) is 0. The Morgan fingerprint density at radius 3 is 2.88 bits per heavy atom. The van der Waals surface area contributed by atoms with Crippen LogP contribution in [0.15, 0.2) is 12.2 Å². The fourth-order valence-corrected chi connectivity index (χ4v) is 1.37. The predicted octanol–water partition coefficient (Wildman–Crippen LogP) is 0.392. The van der Waals surface area contributed by atoms with Gasteiger partial charge in [0.2, 0.25) is 0 Å². The third kappa shape index (κ3) is 1.45. The van der Waals surface area contributed by atoms with Crippen molar-refractivity contribution >= 4 is 10.5 Å². The minimum Gasteiger partial charge on any atom is -0.422 e. The van der Waals surface area contributed by atoms with Crippen LogP contribution in [0.25, 0.3) is 0 Å². The highest BCUT2D eigenvalue weighted by Crippen LogP contribution is 2.11. The molecule has 0 saturated carbocycles. The van der Waals surface area contributed by atoms with E-state index in [1.54, 1.807) is 0 Å². The van der Waals surface area contributed by atoms with Gasteiger partial charge in [-0.15, -0.1) is 0 Å². The van der Waals surface area contributed by atoms with Gasteiger partial charge in [-0.05, 0) is 19.3 Å². The second-order valence-electron chi connectivity index (χ2n) is 2.13. The third-order valence-electron chi connectivity index (χ3n) is 1.51. The van der Waals surface area contributed by atoms with Gasteiger partial charge in [-0.1, -0.05) is 12.2 Å². The lowest BCUT2D eigenvalue weighted by Crippen LogP contribution is -2.09. The molecule has 0 saturated heterocycles. The van der Waals surface area contributed by atoms with Crippen LogP contribution >= 0.6 is 0 Å². The SMILES string of the molecule is [SiH3]OC1C=CCCC1. The highest BCUT2D eigenvalue weighted by atomic mass is 28.2. The lowest BCUT2D eigenvalue weighted by molar-refractivity contribution is 0.252. The summed E-state index contributed by atoms with van der Waals surface area (Å²) < 4.78 is 5.24. The van der Waals surface area contributed by atoms with Crippen molar-refractivity contribution in [3.8, 4) is 0 Å². The highest BCUT2D eigenvalue weighted by molar-refractivity contribution is 5.98. The van der Waals surface area contributed by atoms with Gasteiger partial charge in [0.1, 0.15) is 10.5 Å². The summed E-state index contributed by atoms with van der Waals surface area (Å²) in [5.74, 6) is 0. The maximum Gasteiger partial charge on any atom is 0.146 e. The van der Waals surface area contributed by atoms with Crippen molar-refractivity contribution in [3.63, 3.8) is 0 Å². The third-order valence-corrected chi connectivity index (χ3v) is 2.12. The number of hydrogen-bond donors (Lipinski definition) is 0. The minimum atomic E-state index is 0.468.